The van der Waals surface area contributed by atoms with Crippen LogP contribution < -0.4 is 5.32 Å². The second-order valence-electron chi connectivity index (χ2n) is 6.32. The summed E-state index contributed by atoms with van der Waals surface area (Å²) in [6, 6.07) is 22.1. The maximum Gasteiger partial charge on any atom is 0.0535 e. The molecule has 0 aliphatic carbocycles. The summed E-state index contributed by atoms with van der Waals surface area (Å²) in [6.07, 6.45) is 0. The first-order valence-corrected chi connectivity index (χ1v) is 7.76. The summed E-state index contributed by atoms with van der Waals surface area (Å²) < 4.78 is 0. The zero-order valence-corrected chi connectivity index (χ0v) is 12.9. The van der Waals surface area contributed by atoms with Gasteiger partial charge in [-0.3, -0.25) is 4.90 Å². The largest absolute Gasteiger partial charge is 0.305 e. The van der Waals surface area contributed by atoms with Gasteiger partial charge in [0.1, 0.15) is 0 Å². The molecule has 21 heavy (non-hydrogen) atoms. The Morgan fingerprint density at radius 3 is 2.33 bits per heavy atom. The first-order valence-electron chi connectivity index (χ1n) is 7.76. The average Bonchev–Trinajstić information content (AvgIpc) is 2.53. The van der Waals surface area contributed by atoms with Gasteiger partial charge in [-0.2, -0.15) is 0 Å². The van der Waals surface area contributed by atoms with E-state index in [0.717, 1.165) is 19.6 Å². The Labute approximate surface area is 127 Å². The normalized spacial score (nSPS) is 26.7. The van der Waals surface area contributed by atoms with E-state index < -0.39 is 0 Å². The van der Waals surface area contributed by atoms with Crippen LogP contribution in [0.15, 0.2) is 60.7 Å². The molecule has 1 aliphatic rings. The highest BCUT2D eigenvalue weighted by Gasteiger charge is 2.35. The third-order valence-corrected chi connectivity index (χ3v) is 4.57. The van der Waals surface area contributed by atoms with Crippen molar-refractivity contribution < 1.29 is 0 Å². The third kappa shape index (κ3) is 3.17. The fourth-order valence-electron chi connectivity index (χ4n) is 3.15. The van der Waals surface area contributed by atoms with E-state index in [9.17, 15) is 0 Å². The maximum absolute atomic E-state index is 3.74. The first kappa shape index (κ1) is 14.3. The van der Waals surface area contributed by atoms with Gasteiger partial charge < -0.3 is 5.32 Å². The molecule has 1 N–H and O–H groups in total. The van der Waals surface area contributed by atoms with Crippen molar-refractivity contribution in [2.45, 2.75) is 32.0 Å². The molecule has 2 aromatic rings. The predicted octanol–water partition coefficient (Wildman–Crippen LogP) is 3.40. The monoisotopic (exact) mass is 280 g/mol. The smallest absolute Gasteiger partial charge is 0.0535 e. The van der Waals surface area contributed by atoms with Gasteiger partial charge >= 0.3 is 0 Å². The van der Waals surface area contributed by atoms with Crippen molar-refractivity contribution >= 4 is 0 Å². The highest BCUT2D eigenvalue weighted by atomic mass is 15.2. The van der Waals surface area contributed by atoms with Crippen LogP contribution in [0, 0.1) is 0 Å². The minimum atomic E-state index is 0.0303. The van der Waals surface area contributed by atoms with Gasteiger partial charge in [-0.05, 0) is 25.0 Å². The van der Waals surface area contributed by atoms with E-state index in [4.69, 9.17) is 0 Å². The summed E-state index contributed by atoms with van der Waals surface area (Å²) in [5.74, 6) is 0. The Bertz CT molecular complexity index is 567. The molecular formula is C19H24N2. The molecule has 2 unspecified atom stereocenters. The summed E-state index contributed by atoms with van der Waals surface area (Å²) in [4.78, 5) is 2.58. The average molecular weight is 280 g/mol. The Morgan fingerprint density at radius 2 is 1.67 bits per heavy atom. The van der Waals surface area contributed by atoms with E-state index in [0.29, 0.717) is 6.04 Å². The molecule has 0 spiro atoms. The van der Waals surface area contributed by atoms with Gasteiger partial charge in [0.2, 0.25) is 0 Å². The molecule has 2 nitrogen and oxygen atoms in total. The van der Waals surface area contributed by atoms with Crippen LogP contribution in [0.3, 0.4) is 0 Å². The number of hydrogen-bond acceptors (Lipinski definition) is 2. The van der Waals surface area contributed by atoms with Crippen molar-refractivity contribution in [3.05, 3.63) is 71.8 Å². The number of hydrogen-bond donors (Lipinski definition) is 1. The zero-order valence-electron chi connectivity index (χ0n) is 12.9. The van der Waals surface area contributed by atoms with E-state index in [1.54, 1.807) is 0 Å². The molecule has 1 saturated heterocycles. The molecule has 110 valence electrons. The standard InChI is InChI=1S/C19H24N2/c1-16-13-20-19(2,18-11-7-4-8-12-18)15-21(16)14-17-9-5-3-6-10-17/h3-12,16,20H,13-15H2,1-2H3. The molecule has 0 radical (unpaired) electrons. The molecule has 2 atom stereocenters. The summed E-state index contributed by atoms with van der Waals surface area (Å²) in [6.45, 7) is 7.70. The molecule has 0 bridgehead atoms. The quantitative estimate of drug-likeness (QED) is 0.927. The summed E-state index contributed by atoms with van der Waals surface area (Å²) in [7, 11) is 0. The van der Waals surface area contributed by atoms with Crippen LogP contribution in [0.4, 0.5) is 0 Å². The zero-order chi connectivity index (χ0) is 14.7. The molecule has 3 rings (SSSR count). The van der Waals surface area contributed by atoms with Gasteiger partial charge in [0.05, 0.1) is 5.54 Å². The number of piperazine rings is 1. The van der Waals surface area contributed by atoms with E-state index in [1.807, 2.05) is 0 Å². The van der Waals surface area contributed by atoms with Crippen LogP contribution in [0.1, 0.15) is 25.0 Å². The van der Waals surface area contributed by atoms with Crippen LogP contribution in [-0.4, -0.2) is 24.0 Å². The van der Waals surface area contributed by atoms with Crippen molar-refractivity contribution in [3.8, 4) is 0 Å². The fraction of sp³-hybridized carbons (Fsp3) is 0.368. The van der Waals surface area contributed by atoms with E-state index in [-0.39, 0.29) is 5.54 Å². The Kier molecular flexibility index (Phi) is 4.09. The van der Waals surface area contributed by atoms with Crippen molar-refractivity contribution in [2.75, 3.05) is 13.1 Å². The fourth-order valence-corrected chi connectivity index (χ4v) is 3.15. The van der Waals surface area contributed by atoms with Crippen LogP contribution in [-0.2, 0) is 12.1 Å². The summed E-state index contributed by atoms with van der Waals surface area (Å²) >= 11 is 0. The van der Waals surface area contributed by atoms with Crippen molar-refractivity contribution in [1.82, 2.24) is 10.2 Å². The van der Waals surface area contributed by atoms with E-state index in [1.165, 1.54) is 11.1 Å². The minimum absolute atomic E-state index is 0.0303. The molecule has 2 heteroatoms. The lowest BCUT2D eigenvalue weighted by atomic mass is 9.88. The summed E-state index contributed by atoms with van der Waals surface area (Å²) in [5, 5.41) is 3.74. The van der Waals surface area contributed by atoms with Gasteiger partial charge in [0.15, 0.2) is 0 Å². The topological polar surface area (TPSA) is 15.3 Å². The number of nitrogens with one attached hydrogen (secondary N) is 1. The molecule has 1 fully saturated rings. The highest BCUT2D eigenvalue weighted by Crippen LogP contribution is 2.27. The van der Waals surface area contributed by atoms with E-state index >= 15 is 0 Å². The Balaban J connectivity index is 1.78. The van der Waals surface area contributed by atoms with Crippen molar-refractivity contribution in [3.63, 3.8) is 0 Å². The molecule has 0 amide bonds. The van der Waals surface area contributed by atoms with E-state index in [2.05, 4.69) is 84.7 Å². The van der Waals surface area contributed by atoms with Gasteiger partial charge in [-0.15, -0.1) is 0 Å². The first-order chi connectivity index (χ1) is 10.2. The maximum atomic E-state index is 3.74. The Hall–Kier alpha value is -1.64. The second kappa shape index (κ2) is 6.00. The number of rotatable bonds is 3. The molecule has 2 aromatic carbocycles. The van der Waals surface area contributed by atoms with Crippen molar-refractivity contribution in [2.24, 2.45) is 0 Å². The third-order valence-electron chi connectivity index (χ3n) is 4.57. The lowest BCUT2D eigenvalue weighted by Crippen LogP contribution is -2.59. The minimum Gasteiger partial charge on any atom is -0.305 e. The van der Waals surface area contributed by atoms with Crippen LogP contribution >= 0.6 is 0 Å². The lowest BCUT2D eigenvalue weighted by molar-refractivity contribution is 0.0878. The molecule has 0 saturated carbocycles. The highest BCUT2D eigenvalue weighted by molar-refractivity contribution is 5.25. The van der Waals surface area contributed by atoms with Gasteiger partial charge in [-0.25, -0.2) is 0 Å². The summed E-state index contributed by atoms with van der Waals surface area (Å²) in [5.41, 5.74) is 2.79. The second-order valence-corrected chi connectivity index (χ2v) is 6.32. The van der Waals surface area contributed by atoms with Gasteiger partial charge in [0.25, 0.3) is 0 Å². The van der Waals surface area contributed by atoms with Gasteiger partial charge in [-0.1, -0.05) is 60.7 Å². The molecule has 1 aliphatic heterocycles. The van der Waals surface area contributed by atoms with Gasteiger partial charge in [0, 0.05) is 25.7 Å². The Morgan fingerprint density at radius 1 is 1.05 bits per heavy atom. The van der Waals surface area contributed by atoms with Crippen LogP contribution in [0.25, 0.3) is 0 Å². The van der Waals surface area contributed by atoms with Crippen molar-refractivity contribution in [1.29, 1.82) is 0 Å². The predicted molar refractivity (Wildman–Crippen MR) is 88.1 cm³/mol. The van der Waals surface area contributed by atoms with Crippen LogP contribution in [0.2, 0.25) is 0 Å². The molecular weight excluding hydrogens is 256 g/mol. The SMILES string of the molecule is CC1CNC(C)(c2ccccc2)CN1Cc1ccccc1. The van der Waals surface area contributed by atoms with Crippen LogP contribution in [0.5, 0.6) is 0 Å². The number of nitrogens with zero attached hydrogens (tertiary/aromatic N) is 1. The molecule has 1 heterocycles. The number of benzene rings is 2. The lowest BCUT2D eigenvalue weighted by Gasteiger charge is -2.45. The molecule has 0 aromatic heterocycles.